The Balaban J connectivity index is 2.23. The van der Waals surface area contributed by atoms with Crippen LogP contribution in [0.5, 0.6) is 0 Å². The molecular formula is C11H13N5O. The third-order valence-electron chi connectivity index (χ3n) is 2.56. The summed E-state index contributed by atoms with van der Waals surface area (Å²) in [4.78, 5) is 15.9. The van der Waals surface area contributed by atoms with E-state index in [0.29, 0.717) is 22.8 Å². The van der Waals surface area contributed by atoms with Crippen LogP contribution < -0.4 is 11.5 Å². The molecular weight excluding hydrogens is 218 g/mol. The summed E-state index contributed by atoms with van der Waals surface area (Å²) < 4.78 is 1.46. The van der Waals surface area contributed by atoms with Gasteiger partial charge in [-0.3, -0.25) is 9.48 Å². The molecule has 0 saturated carbocycles. The lowest BCUT2D eigenvalue weighted by Gasteiger charge is -2.03. The molecule has 6 nitrogen and oxygen atoms in total. The number of hydrogen-bond acceptors (Lipinski definition) is 5. The van der Waals surface area contributed by atoms with Crippen LogP contribution in [0.4, 0.5) is 11.6 Å². The van der Waals surface area contributed by atoms with Crippen LogP contribution in [-0.4, -0.2) is 20.5 Å². The summed E-state index contributed by atoms with van der Waals surface area (Å²) in [5.41, 5.74) is 12.5. The van der Waals surface area contributed by atoms with E-state index < -0.39 is 0 Å². The first kappa shape index (κ1) is 11.1. The van der Waals surface area contributed by atoms with Gasteiger partial charge in [0.1, 0.15) is 11.6 Å². The van der Waals surface area contributed by atoms with E-state index in [4.69, 9.17) is 11.5 Å². The zero-order chi connectivity index (χ0) is 12.4. The van der Waals surface area contributed by atoms with Crippen molar-refractivity contribution >= 4 is 17.4 Å². The summed E-state index contributed by atoms with van der Waals surface area (Å²) >= 11 is 0. The highest BCUT2D eigenvalue weighted by Crippen LogP contribution is 2.15. The number of aromatic nitrogens is 3. The third kappa shape index (κ3) is 2.10. The van der Waals surface area contributed by atoms with E-state index in [1.54, 1.807) is 25.4 Å². The Morgan fingerprint density at radius 2 is 2.24 bits per heavy atom. The van der Waals surface area contributed by atoms with Gasteiger partial charge in [0.25, 0.3) is 0 Å². The van der Waals surface area contributed by atoms with Crippen LogP contribution in [0.2, 0.25) is 0 Å². The molecule has 0 amide bonds. The molecule has 2 aromatic heterocycles. The summed E-state index contributed by atoms with van der Waals surface area (Å²) in [7, 11) is 1.69. The van der Waals surface area contributed by atoms with Gasteiger partial charge < -0.3 is 11.5 Å². The SMILES string of the molecule is Cn1ncc(C(=O)Cc2cccnc2N)c1N. The molecule has 2 heterocycles. The van der Waals surface area contributed by atoms with Crippen molar-refractivity contribution in [2.75, 3.05) is 11.5 Å². The maximum Gasteiger partial charge on any atom is 0.172 e. The van der Waals surface area contributed by atoms with Gasteiger partial charge in [-0.25, -0.2) is 4.98 Å². The van der Waals surface area contributed by atoms with E-state index in [2.05, 4.69) is 10.1 Å². The second-order valence-corrected chi connectivity index (χ2v) is 3.71. The minimum atomic E-state index is -0.115. The first-order chi connectivity index (χ1) is 8.09. The van der Waals surface area contributed by atoms with E-state index in [9.17, 15) is 4.79 Å². The first-order valence-electron chi connectivity index (χ1n) is 5.09. The maximum atomic E-state index is 12.0. The Labute approximate surface area is 98.3 Å². The van der Waals surface area contributed by atoms with E-state index >= 15 is 0 Å². The number of hydrogen-bond donors (Lipinski definition) is 2. The molecule has 0 saturated heterocycles. The molecule has 0 unspecified atom stereocenters. The van der Waals surface area contributed by atoms with Crippen molar-refractivity contribution in [2.24, 2.45) is 7.05 Å². The third-order valence-corrected chi connectivity index (χ3v) is 2.56. The van der Waals surface area contributed by atoms with Gasteiger partial charge in [-0.2, -0.15) is 5.10 Å². The highest BCUT2D eigenvalue weighted by molar-refractivity contribution is 6.01. The number of carbonyl (C=O) groups is 1. The molecule has 0 radical (unpaired) electrons. The van der Waals surface area contributed by atoms with Gasteiger partial charge in [-0.1, -0.05) is 6.07 Å². The molecule has 0 aliphatic heterocycles. The standard InChI is InChI=1S/C11H13N5O/c1-16-11(13)8(6-15-16)9(17)5-7-3-2-4-14-10(7)12/h2-4,6H,5,13H2,1H3,(H2,12,14). The normalized spacial score (nSPS) is 10.4. The van der Waals surface area contributed by atoms with E-state index in [0.717, 1.165) is 0 Å². The summed E-state index contributed by atoms with van der Waals surface area (Å²) in [6.45, 7) is 0. The zero-order valence-corrected chi connectivity index (χ0v) is 9.42. The minimum Gasteiger partial charge on any atom is -0.383 e. The zero-order valence-electron chi connectivity index (χ0n) is 9.42. The number of carbonyl (C=O) groups excluding carboxylic acids is 1. The van der Waals surface area contributed by atoms with Crippen LogP contribution in [0, 0.1) is 0 Å². The van der Waals surface area contributed by atoms with Crippen molar-refractivity contribution in [1.29, 1.82) is 0 Å². The maximum absolute atomic E-state index is 12.0. The van der Waals surface area contributed by atoms with E-state index in [-0.39, 0.29) is 12.2 Å². The van der Waals surface area contributed by atoms with Gasteiger partial charge in [0, 0.05) is 25.2 Å². The van der Waals surface area contributed by atoms with Crippen molar-refractivity contribution < 1.29 is 4.79 Å². The predicted molar refractivity (Wildman–Crippen MR) is 64.3 cm³/mol. The minimum absolute atomic E-state index is 0.115. The van der Waals surface area contributed by atoms with Gasteiger partial charge in [-0.05, 0) is 6.07 Å². The number of Topliss-reactive ketones (excluding diaryl/α,β-unsaturated/α-hetero) is 1. The van der Waals surface area contributed by atoms with Crippen LogP contribution in [0.25, 0.3) is 0 Å². The lowest BCUT2D eigenvalue weighted by Crippen LogP contribution is -2.09. The Morgan fingerprint density at radius 3 is 2.82 bits per heavy atom. The summed E-state index contributed by atoms with van der Waals surface area (Å²) in [5.74, 6) is 0.607. The summed E-state index contributed by atoms with van der Waals surface area (Å²) in [5, 5.41) is 3.93. The summed E-state index contributed by atoms with van der Waals surface area (Å²) in [6.07, 6.45) is 3.22. The monoisotopic (exact) mass is 231 g/mol. The molecule has 0 aliphatic carbocycles. The van der Waals surface area contributed by atoms with Crippen molar-refractivity contribution in [1.82, 2.24) is 14.8 Å². The van der Waals surface area contributed by atoms with Gasteiger partial charge >= 0.3 is 0 Å². The summed E-state index contributed by atoms with van der Waals surface area (Å²) in [6, 6.07) is 3.51. The highest BCUT2D eigenvalue weighted by atomic mass is 16.1. The number of nitrogens with two attached hydrogens (primary N) is 2. The number of ketones is 1. The number of anilines is 2. The van der Waals surface area contributed by atoms with E-state index in [1.165, 1.54) is 10.9 Å². The van der Waals surface area contributed by atoms with Crippen LogP contribution in [0.1, 0.15) is 15.9 Å². The molecule has 0 atom stereocenters. The van der Waals surface area contributed by atoms with E-state index in [1.807, 2.05) is 0 Å². The number of nitrogens with zero attached hydrogens (tertiary/aromatic N) is 3. The first-order valence-corrected chi connectivity index (χ1v) is 5.09. The average molecular weight is 231 g/mol. The number of nitrogen functional groups attached to an aromatic ring is 2. The van der Waals surface area contributed by atoms with Crippen molar-refractivity contribution in [3.8, 4) is 0 Å². The molecule has 0 bridgehead atoms. The Kier molecular flexibility index (Phi) is 2.78. The predicted octanol–water partition coefficient (Wildman–Crippen LogP) is 0.405. The largest absolute Gasteiger partial charge is 0.383 e. The van der Waals surface area contributed by atoms with Crippen LogP contribution in [0.3, 0.4) is 0 Å². The fraction of sp³-hybridized carbons (Fsp3) is 0.182. The van der Waals surface area contributed by atoms with Crippen molar-refractivity contribution in [3.63, 3.8) is 0 Å². The molecule has 0 fully saturated rings. The Morgan fingerprint density at radius 1 is 1.47 bits per heavy atom. The molecule has 17 heavy (non-hydrogen) atoms. The number of rotatable bonds is 3. The molecule has 2 aromatic rings. The number of pyridine rings is 1. The molecule has 4 N–H and O–H groups in total. The Bertz CT molecular complexity index is 561. The lowest BCUT2D eigenvalue weighted by atomic mass is 10.1. The Hall–Kier alpha value is -2.37. The van der Waals surface area contributed by atoms with Crippen molar-refractivity contribution in [2.45, 2.75) is 6.42 Å². The van der Waals surface area contributed by atoms with Gasteiger partial charge in [-0.15, -0.1) is 0 Å². The van der Waals surface area contributed by atoms with Crippen LogP contribution in [0.15, 0.2) is 24.5 Å². The molecule has 6 heteroatoms. The molecule has 88 valence electrons. The van der Waals surface area contributed by atoms with Gasteiger partial charge in [0.2, 0.25) is 0 Å². The molecule has 0 aromatic carbocycles. The fourth-order valence-corrected chi connectivity index (χ4v) is 1.53. The van der Waals surface area contributed by atoms with Crippen molar-refractivity contribution in [3.05, 3.63) is 35.7 Å². The molecule has 0 spiro atoms. The molecule has 0 aliphatic rings. The molecule has 2 rings (SSSR count). The highest BCUT2D eigenvalue weighted by Gasteiger charge is 2.15. The second kappa shape index (κ2) is 4.25. The number of aryl methyl sites for hydroxylation is 1. The lowest BCUT2D eigenvalue weighted by molar-refractivity contribution is 0.0994. The van der Waals surface area contributed by atoms with Crippen LogP contribution in [-0.2, 0) is 13.5 Å². The second-order valence-electron chi connectivity index (χ2n) is 3.71. The average Bonchev–Trinajstić information content (AvgIpc) is 2.63. The quantitative estimate of drug-likeness (QED) is 0.745. The van der Waals surface area contributed by atoms with Crippen LogP contribution >= 0.6 is 0 Å². The fourth-order valence-electron chi connectivity index (χ4n) is 1.53. The van der Waals surface area contributed by atoms with Gasteiger partial charge in [0.05, 0.1) is 11.8 Å². The smallest absolute Gasteiger partial charge is 0.172 e. The van der Waals surface area contributed by atoms with Gasteiger partial charge in [0.15, 0.2) is 5.78 Å². The topological polar surface area (TPSA) is 99.8 Å².